The molecule has 0 heterocycles. The topological polar surface area (TPSA) is 59.6 Å². The first kappa shape index (κ1) is 19.9. The molecule has 0 aliphatic heterocycles. The summed E-state index contributed by atoms with van der Waals surface area (Å²) < 4.78 is 10.8. The Morgan fingerprint density at radius 1 is 1.00 bits per heavy atom. The van der Waals surface area contributed by atoms with Gasteiger partial charge in [-0.1, -0.05) is 37.3 Å². The third kappa shape index (κ3) is 6.86. The van der Waals surface area contributed by atoms with E-state index in [0.29, 0.717) is 19.8 Å². The molecule has 2 N–H and O–H groups in total. The number of carbonyl (C=O) groups excluding carboxylic acids is 1. The lowest BCUT2D eigenvalue weighted by Gasteiger charge is -2.17. The van der Waals surface area contributed by atoms with E-state index in [1.807, 2.05) is 49.4 Å². The third-order valence-corrected chi connectivity index (χ3v) is 3.96. The molecule has 5 nitrogen and oxygen atoms in total. The molecule has 1 atom stereocenters. The van der Waals surface area contributed by atoms with Crippen molar-refractivity contribution in [3.8, 4) is 5.75 Å². The smallest absolute Gasteiger partial charge is 0.238 e. The summed E-state index contributed by atoms with van der Waals surface area (Å²) in [6.07, 6.45) is 0.922. The molecule has 0 saturated carbocycles. The van der Waals surface area contributed by atoms with Crippen molar-refractivity contribution in [1.29, 1.82) is 0 Å². The van der Waals surface area contributed by atoms with Crippen molar-refractivity contribution < 1.29 is 14.3 Å². The normalized spacial score (nSPS) is 11.8. The molecule has 2 rings (SSSR count). The van der Waals surface area contributed by atoms with Crippen LogP contribution in [0.4, 0.5) is 5.69 Å². The van der Waals surface area contributed by atoms with Gasteiger partial charge in [0.2, 0.25) is 5.91 Å². The van der Waals surface area contributed by atoms with Crippen molar-refractivity contribution in [2.75, 3.05) is 31.7 Å². The highest BCUT2D eigenvalue weighted by Crippen LogP contribution is 2.17. The number of rotatable bonds is 11. The maximum atomic E-state index is 12.2. The molecule has 0 aliphatic carbocycles. The van der Waals surface area contributed by atoms with Gasteiger partial charge >= 0.3 is 0 Å². The Kier molecular flexibility index (Phi) is 8.66. The van der Waals surface area contributed by atoms with Crippen molar-refractivity contribution in [3.05, 3.63) is 60.2 Å². The molecule has 0 spiro atoms. The van der Waals surface area contributed by atoms with Gasteiger partial charge in [0.05, 0.1) is 13.2 Å². The van der Waals surface area contributed by atoms with Crippen LogP contribution >= 0.6 is 0 Å². The number of nitrogens with one attached hydrogen (secondary N) is 2. The zero-order chi connectivity index (χ0) is 18.6. The average Bonchev–Trinajstić information content (AvgIpc) is 2.68. The Hall–Kier alpha value is -2.37. The summed E-state index contributed by atoms with van der Waals surface area (Å²) in [6.45, 7) is 6.09. The Balaban J connectivity index is 1.76. The van der Waals surface area contributed by atoms with Crippen LogP contribution < -0.4 is 15.4 Å². The van der Waals surface area contributed by atoms with E-state index in [1.165, 1.54) is 5.56 Å². The van der Waals surface area contributed by atoms with E-state index in [-0.39, 0.29) is 18.5 Å². The van der Waals surface area contributed by atoms with E-state index in [4.69, 9.17) is 9.47 Å². The quantitative estimate of drug-likeness (QED) is 0.602. The second-order valence-electron chi connectivity index (χ2n) is 5.87. The molecule has 0 bridgehead atoms. The lowest BCUT2D eigenvalue weighted by atomic mass is 10.0. The summed E-state index contributed by atoms with van der Waals surface area (Å²) in [6, 6.07) is 17.7. The van der Waals surface area contributed by atoms with Gasteiger partial charge in [0.15, 0.2) is 0 Å². The average molecular weight is 356 g/mol. The monoisotopic (exact) mass is 356 g/mol. The van der Waals surface area contributed by atoms with E-state index < -0.39 is 0 Å². The number of ether oxygens (including phenoxy) is 2. The van der Waals surface area contributed by atoms with Gasteiger partial charge in [0.25, 0.3) is 0 Å². The van der Waals surface area contributed by atoms with E-state index in [1.54, 1.807) is 0 Å². The zero-order valence-electron chi connectivity index (χ0n) is 15.5. The van der Waals surface area contributed by atoms with Gasteiger partial charge in [-0.3, -0.25) is 4.79 Å². The largest absolute Gasteiger partial charge is 0.491 e. The van der Waals surface area contributed by atoms with E-state index in [2.05, 4.69) is 29.7 Å². The second kappa shape index (κ2) is 11.3. The minimum atomic E-state index is -0.0654. The van der Waals surface area contributed by atoms with Crippen molar-refractivity contribution in [3.63, 3.8) is 0 Å². The van der Waals surface area contributed by atoms with Crippen LogP contribution in [0.5, 0.6) is 5.75 Å². The van der Waals surface area contributed by atoms with Crippen LogP contribution in [0.1, 0.15) is 31.9 Å². The fraction of sp³-hybridized carbons (Fsp3) is 0.381. The van der Waals surface area contributed by atoms with Gasteiger partial charge < -0.3 is 20.1 Å². The summed E-state index contributed by atoms with van der Waals surface area (Å²) in [5.41, 5.74) is 1.94. The first-order valence-corrected chi connectivity index (χ1v) is 9.11. The lowest BCUT2D eigenvalue weighted by molar-refractivity contribution is -0.115. The molecular formula is C21H28N2O3. The Bertz CT molecular complexity index is 644. The fourth-order valence-corrected chi connectivity index (χ4v) is 2.60. The molecule has 0 saturated heterocycles. The first-order valence-electron chi connectivity index (χ1n) is 9.11. The SMILES string of the molecule is CCOCCOc1ccc(NC(=O)CNC(CC)c2ccccc2)cc1. The van der Waals surface area contributed by atoms with Gasteiger partial charge in [-0.25, -0.2) is 0 Å². The first-order chi connectivity index (χ1) is 12.7. The molecule has 5 heteroatoms. The second-order valence-corrected chi connectivity index (χ2v) is 5.87. The van der Waals surface area contributed by atoms with Gasteiger partial charge in [0.1, 0.15) is 12.4 Å². The van der Waals surface area contributed by atoms with Gasteiger partial charge in [0, 0.05) is 18.3 Å². The summed E-state index contributed by atoms with van der Waals surface area (Å²) in [7, 11) is 0. The van der Waals surface area contributed by atoms with Crippen molar-refractivity contribution in [2.45, 2.75) is 26.3 Å². The van der Waals surface area contributed by atoms with Gasteiger partial charge in [-0.2, -0.15) is 0 Å². The van der Waals surface area contributed by atoms with Crippen LogP contribution in [0.25, 0.3) is 0 Å². The van der Waals surface area contributed by atoms with Crippen molar-refractivity contribution in [2.24, 2.45) is 0 Å². The van der Waals surface area contributed by atoms with E-state index in [0.717, 1.165) is 17.9 Å². The summed E-state index contributed by atoms with van der Waals surface area (Å²) in [5, 5.41) is 6.20. The highest BCUT2D eigenvalue weighted by atomic mass is 16.5. The summed E-state index contributed by atoms with van der Waals surface area (Å²) in [5.74, 6) is 0.695. The lowest BCUT2D eigenvalue weighted by Crippen LogP contribution is -2.31. The molecule has 1 unspecified atom stereocenters. The van der Waals surface area contributed by atoms with Crippen LogP contribution in [-0.4, -0.2) is 32.3 Å². The highest BCUT2D eigenvalue weighted by molar-refractivity contribution is 5.92. The van der Waals surface area contributed by atoms with Crippen LogP contribution in [0.15, 0.2) is 54.6 Å². The molecule has 2 aromatic rings. The standard InChI is InChI=1S/C21H28N2O3/c1-3-20(17-8-6-5-7-9-17)22-16-21(24)23-18-10-12-19(13-11-18)26-15-14-25-4-2/h5-13,20,22H,3-4,14-16H2,1-2H3,(H,23,24). The maximum Gasteiger partial charge on any atom is 0.238 e. The predicted octanol–water partition coefficient (Wildman–Crippen LogP) is 3.78. The Morgan fingerprint density at radius 2 is 1.73 bits per heavy atom. The minimum Gasteiger partial charge on any atom is -0.491 e. The van der Waals surface area contributed by atoms with Gasteiger partial charge in [-0.05, 0) is 43.2 Å². The van der Waals surface area contributed by atoms with Crippen LogP contribution in [0.3, 0.4) is 0 Å². The fourth-order valence-electron chi connectivity index (χ4n) is 2.60. The predicted molar refractivity (Wildman–Crippen MR) is 105 cm³/mol. The number of benzene rings is 2. The Labute approximate surface area is 155 Å². The molecular weight excluding hydrogens is 328 g/mol. The molecule has 1 amide bonds. The third-order valence-electron chi connectivity index (χ3n) is 3.96. The molecule has 0 radical (unpaired) electrons. The van der Waals surface area contributed by atoms with Crippen LogP contribution in [0, 0.1) is 0 Å². The highest BCUT2D eigenvalue weighted by Gasteiger charge is 2.10. The Morgan fingerprint density at radius 3 is 2.38 bits per heavy atom. The summed E-state index contributed by atoms with van der Waals surface area (Å²) >= 11 is 0. The number of carbonyl (C=O) groups is 1. The number of anilines is 1. The van der Waals surface area contributed by atoms with Crippen LogP contribution in [-0.2, 0) is 9.53 Å². The molecule has 140 valence electrons. The van der Waals surface area contributed by atoms with Crippen LogP contribution in [0.2, 0.25) is 0 Å². The molecule has 0 fully saturated rings. The summed E-state index contributed by atoms with van der Waals surface area (Å²) in [4.78, 5) is 12.2. The molecule has 2 aromatic carbocycles. The number of hydrogen-bond acceptors (Lipinski definition) is 4. The molecule has 0 aliphatic rings. The van der Waals surface area contributed by atoms with E-state index in [9.17, 15) is 4.79 Å². The van der Waals surface area contributed by atoms with E-state index >= 15 is 0 Å². The number of amides is 1. The maximum absolute atomic E-state index is 12.2. The van der Waals surface area contributed by atoms with Crippen molar-refractivity contribution >= 4 is 11.6 Å². The van der Waals surface area contributed by atoms with Gasteiger partial charge in [-0.15, -0.1) is 0 Å². The molecule has 26 heavy (non-hydrogen) atoms. The minimum absolute atomic E-state index is 0.0654. The molecule has 0 aromatic heterocycles. The number of hydrogen-bond donors (Lipinski definition) is 2. The van der Waals surface area contributed by atoms with Crippen molar-refractivity contribution in [1.82, 2.24) is 5.32 Å². The zero-order valence-corrected chi connectivity index (χ0v) is 15.5.